The molecule has 0 saturated heterocycles. The van der Waals surface area contributed by atoms with Gasteiger partial charge in [-0.25, -0.2) is 4.68 Å². The maximum atomic E-state index is 12.3. The molecule has 4 heteroatoms. The molecule has 0 spiro atoms. The van der Waals surface area contributed by atoms with Gasteiger partial charge in [0, 0.05) is 11.6 Å². The van der Waals surface area contributed by atoms with Crippen molar-refractivity contribution < 1.29 is 4.42 Å². The molecule has 0 unspecified atom stereocenters. The SMILES string of the molecule is O=c1cc(-c2ccccc2)oc2c1cnn2-c1ccccc1. The van der Waals surface area contributed by atoms with Crippen LogP contribution in [-0.2, 0) is 0 Å². The highest BCUT2D eigenvalue weighted by Gasteiger charge is 2.12. The molecular formula is C18H12N2O2. The van der Waals surface area contributed by atoms with Gasteiger partial charge in [0.1, 0.15) is 11.1 Å². The molecule has 0 aliphatic carbocycles. The Bertz CT molecular complexity index is 986. The first-order chi connectivity index (χ1) is 10.8. The lowest BCUT2D eigenvalue weighted by Gasteiger charge is -2.04. The zero-order valence-corrected chi connectivity index (χ0v) is 11.6. The molecule has 4 nitrogen and oxygen atoms in total. The molecule has 0 saturated carbocycles. The molecule has 0 radical (unpaired) electrons. The summed E-state index contributed by atoms with van der Waals surface area (Å²) < 4.78 is 7.60. The molecule has 4 rings (SSSR count). The smallest absolute Gasteiger partial charge is 0.233 e. The van der Waals surface area contributed by atoms with E-state index in [-0.39, 0.29) is 5.43 Å². The van der Waals surface area contributed by atoms with Crippen LogP contribution in [0.5, 0.6) is 0 Å². The second-order valence-electron chi connectivity index (χ2n) is 4.95. The van der Waals surface area contributed by atoms with Crippen LogP contribution < -0.4 is 5.43 Å². The Morgan fingerprint density at radius 2 is 1.59 bits per heavy atom. The fourth-order valence-electron chi connectivity index (χ4n) is 2.43. The maximum absolute atomic E-state index is 12.3. The van der Waals surface area contributed by atoms with Crippen LogP contribution in [0.4, 0.5) is 0 Å². The molecule has 0 bridgehead atoms. The quantitative estimate of drug-likeness (QED) is 0.565. The standard InChI is InChI=1S/C18H12N2O2/c21-16-11-17(13-7-3-1-4-8-13)22-18-15(16)12-19-20(18)14-9-5-2-6-10-14/h1-12H. The summed E-state index contributed by atoms with van der Waals surface area (Å²) in [6.07, 6.45) is 1.54. The van der Waals surface area contributed by atoms with Crippen LogP contribution in [0.15, 0.2) is 82.1 Å². The predicted molar refractivity (Wildman–Crippen MR) is 85.0 cm³/mol. The van der Waals surface area contributed by atoms with Gasteiger partial charge in [0.25, 0.3) is 0 Å². The summed E-state index contributed by atoms with van der Waals surface area (Å²) >= 11 is 0. The summed E-state index contributed by atoms with van der Waals surface area (Å²) in [7, 11) is 0. The number of aromatic nitrogens is 2. The monoisotopic (exact) mass is 288 g/mol. The molecule has 4 aromatic rings. The van der Waals surface area contributed by atoms with E-state index in [0.717, 1.165) is 11.3 Å². The van der Waals surface area contributed by atoms with Crippen molar-refractivity contribution in [3.63, 3.8) is 0 Å². The van der Waals surface area contributed by atoms with Gasteiger partial charge >= 0.3 is 0 Å². The van der Waals surface area contributed by atoms with Crippen molar-refractivity contribution in [1.82, 2.24) is 9.78 Å². The second-order valence-corrected chi connectivity index (χ2v) is 4.95. The number of benzene rings is 2. The summed E-state index contributed by atoms with van der Waals surface area (Å²) in [6, 6.07) is 20.7. The van der Waals surface area contributed by atoms with Crippen molar-refractivity contribution >= 4 is 11.1 Å². The Morgan fingerprint density at radius 3 is 2.32 bits per heavy atom. The van der Waals surface area contributed by atoms with E-state index in [2.05, 4.69) is 5.10 Å². The van der Waals surface area contributed by atoms with Crippen molar-refractivity contribution in [2.24, 2.45) is 0 Å². The van der Waals surface area contributed by atoms with E-state index in [1.807, 2.05) is 60.7 Å². The number of para-hydroxylation sites is 1. The fourth-order valence-corrected chi connectivity index (χ4v) is 2.43. The first kappa shape index (κ1) is 12.6. The van der Waals surface area contributed by atoms with Gasteiger partial charge in [0.2, 0.25) is 5.71 Å². The van der Waals surface area contributed by atoms with E-state index in [4.69, 9.17) is 4.42 Å². The first-order valence-electron chi connectivity index (χ1n) is 6.96. The minimum atomic E-state index is -0.0951. The first-order valence-corrected chi connectivity index (χ1v) is 6.96. The van der Waals surface area contributed by atoms with Crippen molar-refractivity contribution in [2.45, 2.75) is 0 Å². The summed E-state index contributed by atoms with van der Waals surface area (Å²) in [5.74, 6) is 0.538. The average Bonchev–Trinajstić information content (AvgIpc) is 3.01. The van der Waals surface area contributed by atoms with Crippen molar-refractivity contribution in [3.8, 4) is 17.0 Å². The minimum Gasteiger partial charge on any atom is -0.437 e. The largest absolute Gasteiger partial charge is 0.437 e. The molecule has 0 aliphatic heterocycles. The Morgan fingerprint density at radius 1 is 0.909 bits per heavy atom. The van der Waals surface area contributed by atoms with E-state index in [1.54, 1.807) is 10.9 Å². The molecule has 0 aliphatic rings. The van der Waals surface area contributed by atoms with Gasteiger partial charge in [-0.2, -0.15) is 5.10 Å². The normalized spacial score (nSPS) is 10.9. The Hall–Kier alpha value is -3.14. The van der Waals surface area contributed by atoms with Crippen LogP contribution in [0.3, 0.4) is 0 Å². The van der Waals surface area contributed by atoms with E-state index >= 15 is 0 Å². The van der Waals surface area contributed by atoms with Gasteiger partial charge in [0.15, 0.2) is 5.43 Å². The average molecular weight is 288 g/mol. The van der Waals surface area contributed by atoms with Gasteiger partial charge in [-0.1, -0.05) is 48.5 Å². The highest BCUT2D eigenvalue weighted by atomic mass is 16.3. The number of hydrogen-bond acceptors (Lipinski definition) is 3. The molecule has 2 heterocycles. The van der Waals surface area contributed by atoms with Crippen LogP contribution in [-0.4, -0.2) is 9.78 Å². The zero-order valence-electron chi connectivity index (χ0n) is 11.6. The molecule has 2 aromatic heterocycles. The van der Waals surface area contributed by atoms with Gasteiger partial charge in [-0.3, -0.25) is 4.79 Å². The van der Waals surface area contributed by atoms with Crippen LogP contribution in [0.1, 0.15) is 0 Å². The van der Waals surface area contributed by atoms with E-state index in [9.17, 15) is 4.79 Å². The third kappa shape index (κ3) is 2.02. The minimum absolute atomic E-state index is 0.0951. The molecule has 0 fully saturated rings. The Kier molecular flexibility index (Phi) is 2.86. The lowest BCUT2D eigenvalue weighted by atomic mass is 10.1. The van der Waals surface area contributed by atoms with Gasteiger partial charge in [-0.15, -0.1) is 0 Å². The summed E-state index contributed by atoms with van der Waals surface area (Å²) in [4.78, 5) is 12.3. The molecule has 22 heavy (non-hydrogen) atoms. The number of rotatable bonds is 2. The lowest BCUT2D eigenvalue weighted by molar-refractivity contribution is 0.587. The van der Waals surface area contributed by atoms with E-state index < -0.39 is 0 Å². The number of fused-ring (bicyclic) bond motifs is 1. The Balaban J connectivity index is 1.99. The van der Waals surface area contributed by atoms with Gasteiger partial charge in [0.05, 0.1) is 11.9 Å². The topological polar surface area (TPSA) is 48.0 Å². The summed E-state index contributed by atoms with van der Waals surface area (Å²) in [5.41, 5.74) is 2.08. The van der Waals surface area contributed by atoms with Crippen LogP contribution in [0.2, 0.25) is 0 Å². The summed E-state index contributed by atoms with van der Waals surface area (Å²) in [6.45, 7) is 0. The summed E-state index contributed by atoms with van der Waals surface area (Å²) in [5, 5.41) is 4.76. The molecule has 0 N–H and O–H groups in total. The maximum Gasteiger partial charge on any atom is 0.233 e. The van der Waals surface area contributed by atoms with Crippen LogP contribution in [0, 0.1) is 0 Å². The number of nitrogens with zero attached hydrogens (tertiary/aromatic N) is 2. The lowest BCUT2D eigenvalue weighted by Crippen LogP contribution is -2.01. The highest BCUT2D eigenvalue weighted by molar-refractivity contribution is 5.76. The molecular weight excluding hydrogens is 276 g/mol. The van der Waals surface area contributed by atoms with E-state index in [1.165, 1.54) is 6.07 Å². The van der Waals surface area contributed by atoms with Gasteiger partial charge < -0.3 is 4.42 Å². The second kappa shape index (κ2) is 5.00. The molecule has 106 valence electrons. The highest BCUT2D eigenvalue weighted by Crippen LogP contribution is 2.23. The third-order valence-electron chi connectivity index (χ3n) is 3.52. The molecule has 0 atom stereocenters. The number of hydrogen-bond donors (Lipinski definition) is 0. The Labute approximate surface area is 126 Å². The van der Waals surface area contributed by atoms with Crippen molar-refractivity contribution in [1.29, 1.82) is 0 Å². The van der Waals surface area contributed by atoms with Crippen LogP contribution >= 0.6 is 0 Å². The molecule has 0 amide bonds. The predicted octanol–water partition coefficient (Wildman–Crippen LogP) is 3.65. The van der Waals surface area contributed by atoms with Crippen molar-refractivity contribution in [3.05, 3.63) is 83.2 Å². The molecule has 2 aromatic carbocycles. The van der Waals surface area contributed by atoms with Gasteiger partial charge in [-0.05, 0) is 12.1 Å². The third-order valence-corrected chi connectivity index (χ3v) is 3.52. The van der Waals surface area contributed by atoms with Crippen LogP contribution in [0.25, 0.3) is 28.1 Å². The van der Waals surface area contributed by atoms with Crippen molar-refractivity contribution in [2.75, 3.05) is 0 Å². The van der Waals surface area contributed by atoms with E-state index in [0.29, 0.717) is 16.9 Å². The fraction of sp³-hybridized carbons (Fsp3) is 0. The zero-order chi connectivity index (χ0) is 14.9.